The first kappa shape index (κ1) is 21.6. The van der Waals surface area contributed by atoms with E-state index in [0.717, 1.165) is 18.9 Å². The minimum atomic E-state index is -4.52. The summed E-state index contributed by atoms with van der Waals surface area (Å²) < 4.78 is 41.2. The van der Waals surface area contributed by atoms with E-state index in [2.05, 4.69) is 11.9 Å². The Morgan fingerprint density at radius 2 is 1.96 bits per heavy atom. The molecule has 0 heterocycles. The zero-order valence-electron chi connectivity index (χ0n) is 13.5. The van der Waals surface area contributed by atoms with Crippen LogP contribution < -0.4 is 5.32 Å². The Kier molecular flexibility index (Phi) is 10.4. The van der Waals surface area contributed by atoms with Gasteiger partial charge in [-0.05, 0) is 13.3 Å². The first-order valence-electron chi connectivity index (χ1n) is 7.42. The van der Waals surface area contributed by atoms with Gasteiger partial charge in [0.15, 0.2) is 6.23 Å². The van der Waals surface area contributed by atoms with Gasteiger partial charge < -0.3 is 9.47 Å². The quantitative estimate of drug-likeness (QED) is 0.178. The zero-order valence-corrected chi connectivity index (χ0v) is 14.3. The maximum atomic E-state index is 11.6. The molecular formula is C14H25NO7S. The van der Waals surface area contributed by atoms with Crippen molar-refractivity contribution in [2.24, 2.45) is 0 Å². The SMILES string of the molecule is C=CC(=O)OC(C)NCCC(OC(=O)CCCCC)S(=O)(=O)O. The van der Waals surface area contributed by atoms with Crippen molar-refractivity contribution < 1.29 is 32.0 Å². The number of hydrogen-bond donors (Lipinski definition) is 2. The normalized spacial score (nSPS) is 13.9. The van der Waals surface area contributed by atoms with Crippen LogP contribution in [0.4, 0.5) is 0 Å². The Labute approximate surface area is 137 Å². The Bertz CT molecular complexity index is 489. The highest BCUT2D eigenvalue weighted by Gasteiger charge is 2.27. The predicted molar refractivity (Wildman–Crippen MR) is 83.9 cm³/mol. The van der Waals surface area contributed by atoms with Gasteiger partial charge in [0.05, 0.1) is 0 Å². The molecule has 0 rings (SSSR count). The van der Waals surface area contributed by atoms with E-state index < -0.39 is 33.7 Å². The lowest BCUT2D eigenvalue weighted by Gasteiger charge is -2.17. The molecular weight excluding hydrogens is 326 g/mol. The third-order valence-electron chi connectivity index (χ3n) is 2.85. The van der Waals surface area contributed by atoms with Crippen molar-refractivity contribution in [3.8, 4) is 0 Å². The molecule has 0 aromatic carbocycles. The minimum Gasteiger partial charge on any atom is -0.444 e. The van der Waals surface area contributed by atoms with E-state index in [4.69, 9.17) is 14.0 Å². The van der Waals surface area contributed by atoms with Crippen LogP contribution in [-0.2, 0) is 29.2 Å². The Morgan fingerprint density at radius 3 is 2.48 bits per heavy atom. The van der Waals surface area contributed by atoms with E-state index in [-0.39, 0.29) is 19.4 Å². The second-order valence-electron chi connectivity index (χ2n) is 4.92. The van der Waals surface area contributed by atoms with Crippen LogP contribution in [-0.4, -0.2) is 43.1 Å². The number of ether oxygens (including phenoxy) is 2. The molecule has 0 saturated carbocycles. The maximum absolute atomic E-state index is 11.6. The van der Waals surface area contributed by atoms with Crippen molar-refractivity contribution >= 4 is 22.1 Å². The van der Waals surface area contributed by atoms with Gasteiger partial charge in [-0.25, -0.2) is 4.79 Å². The van der Waals surface area contributed by atoms with Gasteiger partial charge in [-0.15, -0.1) is 0 Å². The molecule has 0 saturated heterocycles. The molecule has 0 radical (unpaired) electrons. The smallest absolute Gasteiger partial charge is 0.331 e. The number of carbonyl (C=O) groups excluding carboxylic acids is 2. The lowest BCUT2D eigenvalue weighted by Crippen LogP contribution is -2.35. The fourth-order valence-corrected chi connectivity index (χ4v) is 2.31. The Hall–Kier alpha value is -1.45. The van der Waals surface area contributed by atoms with Gasteiger partial charge in [-0.2, -0.15) is 8.42 Å². The van der Waals surface area contributed by atoms with Gasteiger partial charge in [0.2, 0.25) is 5.44 Å². The van der Waals surface area contributed by atoms with Crippen LogP contribution in [0.3, 0.4) is 0 Å². The third kappa shape index (κ3) is 10.8. The topological polar surface area (TPSA) is 119 Å². The Balaban J connectivity index is 4.34. The van der Waals surface area contributed by atoms with Crippen molar-refractivity contribution in [2.45, 2.75) is 57.6 Å². The van der Waals surface area contributed by atoms with E-state index in [1.54, 1.807) is 6.92 Å². The zero-order chi connectivity index (χ0) is 17.9. The van der Waals surface area contributed by atoms with Crippen molar-refractivity contribution in [3.63, 3.8) is 0 Å². The summed E-state index contributed by atoms with van der Waals surface area (Å²) in [5, 5.41) is 2.72. The standard InChI is InChI=1S/C14H25NO7S/c1-4-6-7-8-13(17)22-14(23(18,19)20)9-10-15-11(3)21-12(16)5-2/h5,11,14-15H,2,4,6-10H2,1,3H3,(H,18,19,20). The molecule has 134 valence electrons. The summed E-state index contributed by atoms with van der Waals surface area (Å²) >= 11 is 0. The van der Waals surface area contributed by atoms with Crippen LogP contribution in [0.2, 0.25) is 0 Å². The fraction of sp³-hybridized carbons (Fsp3) is 0.714. The average molecular weight is 351 g/mol. The van der Waals surface area contributed by atoms with Crippen LogP contribution in [0.15, 0.2) is 12.7 Å². The van der Waals surface area contributed by atoms with Crippen molar-refractivity contribution in [3.05, 3.63) is 12.7 Å². The average Bonchev–Trinajstić information content (AvgIpc) is 2.45. The summed E-state index contributed by atoms with van der Waals surface area (Å²) in [4.78, 5) is 22.5. The summed E-state index contributed by atoms with van der Waals surface area (Å²) in [7, 11) is -4.52. The highest BCUT2D eigenvalue weighted by molar-refractivity contribution is 7.86. The highest BCUT2D eigenvalue weighted by atomic mass is 32.2. The third-order valence-corrected chi connectivity index (χ3v) is 3.85. The van der Waals surface area contributed by atoms with Crippen LogP contribution >= 0.6 is 0 Å². The largest absolute Gasteiger partial charge is 0.444 e. The highest BCUT2D eigenvalue weighted by Crippen LogP contribution is 2.10. The molecule has 23 heavy (non-hydrogen) atoms. The molecule has 0 spiro atoms. The van der Waals surface area contributed by atoms with Crippen molar-refractivity contribution in [2.75, 3.05) is 6.54 Å². The summed E-state index contributed by atoms with van der Waals surface area (Å²) in [6.07, 6.45) is 2.59. The van der Waals surface area contributed by atoms with E-state index in [9.17, 15) is 18.0 Å². The fourth-order valence-electron chi connectivity index (χ4n) is 1.66. The lowest BCUT2D eigenvalue weighted by atomic mass is 10.2. The number of nitrogens with one attached hydrogen (secondary N) is 1. The van der Waals surface area contributed by atoms with E-state index in [0.29, 0.717) is 6.42 Å². The molecule has 8 nitrogen and oxygen atoms in total. The number of esters is 2. The Morgan fingerprint density at radius 1 is 1.30 bits per heavy atom. The first-order valence-corrected chi connectivity index (χ1v) is 8.93. The van der Waals surface area contributed by atoms with Crippen molar-refractivity contribution in [1.82, 2.24) is 5.32 Å². The summed E-state index contributed by atoms with van der Waals surface area (Å²) in [5.41, 5.74) is -1.65. The van der Waals surface area contributed by atoms with Gasteiger partial charge in [-0.3, -0.25) is 14.7 Å². The maximum Gasteiger partial charge on any atom is 0.331 e. The first-order chi connectivity index (χ1) is 10.7. The molecule has 0 aromatic heterocycles. The number of hydrogen-bond acceptors (Lipinski definition) is 7. The van der Waals surface area contributed by atoms with Crippen LogP contribution in [0, 0.1) is 0 Å². The van der Waals surface area contributed by atoms with Gasteiger partial charge >= 0.3 is 22.1 Å². The van der Waals surface area contributed by atoms with Gasteiger partial charge in [-0.1, -0.05) is 26.3 Å². The molecule has 0 aliphatic rings. The molecule has 2 unspecified atom stereocenters. The van der Waals surface area contributed by atoms with Crippen LogP contribution in [0.25, 0.3) is 0 Å². The number of rotatable bonds is 12. The minimum absolute atomic E-state index is 0.0539. The van der Waals surface area contributed by atoms with E-state index >= 15 is 0 Å². The second kappa shape index (κ2) is 11.1. The van der Waals surface area contributed by atoms with Gasteiger partial charge in [0, 0.05) is 25.5 Å². The molecule has 0 bridgehead atoms. The van der Waals surface area contributed by atoms with Crippen LogP contribution in [0.5, 0.6) is 0 Å². The summed E-state index contributed by atoms with van der Waals surface area (Å²) in [6.45, 7) is 6.81. The molecule has 0 aliphatic carbocycles. The molecule has 0 amide bonds. The molecule has 2 atom stereocenters. The van der Waals surface area contributed by atoms with Gasteiger partial charge in [0.1, 0.15) is 0 Å². The number of unbranched alkanes of at least 4 members (excludes halogenated alkanes) is 2. The van der Waals surface area contributed by atoms with E-state index in [1.165, 1.54) is 0 Å². The van der Waals surface area contributed by atoms with Crippen molar-refractivity contribution in [1.29, 1.82) is 0 Å². The molecule has 0 fully saturated rings. The second-order valence-corrected chi connectivity index (χ2v) is 6.47. The summed E-state index contributed by atoms with van der Waals surface area (Å²) in [5.74, 6) is -1.30. The van der Waals surface area contributed by atoms with E-state index in [1.807, 2.05) is 6.92 Å². The van der Waals surface area contributed by atoms with Gasteiger partial charge in [0.25, 0.3) is 0 Å². The number of carbonyl (C=O) groups is 2. The predicted octanol–water partition coefficient (Wildman–Crippen LogP) is 1.38. The summed E-state index contributed by atoms with van der Waals surface area (Å²) in [6, 6.07) is 0. The molecule has 9 heteroatoms. The molecule has 0 aromatic rings. The lowest BCUT2D eigenvalue weighted by molar-refractivity contribution is -0.146. The molecule has 2 N–H and O–H groups in total. The monoisotopic (exact) mass is 351 g/mol. The van der Waals surface area contributed by atoms with Crippen LogP contribution in [0.1, 0.15) is 46.0 Å². The molecule has 0 aliphatic heterocycles.